The van der Waals surface area contributed by atoms with Gasteiger partial charge in [0.2, 0.25) is 0 Å². The van der Waals surface area contributed by atoms with E-state index in [4.69, 9.17) is 0 Å². The lowest BCUT2D eigenvalue weighted by Crippen LogP contribution is -2.24. The highest BCUT2D eigenvalue weighted by Gasteiger charge is 2.20. The molecule has 5 nitrogen and oxygen atoms in total. The Balaban J connectivity index is 3.01. The molecule has 1 heterocycles. The Kier molecular flexibility index (Phi) is 5.07. The maximum Gasteiger partial charge on any atom is 0.339 e. The van der Waals surface area contributed by atoms with Crippen molar-refractivity contribution in [1.82, 2.24) is 10.2 Å². The molecule has 100 valence electrons. The number of carboxylic acid groups (broad SMARTS) is 1. The van der Waals surface area contributed by atoms with Gasteiger partial charge in [0.25, 0.3) is 0 Å². The van der Waals surface area contributed by atoms with Crippen molar-refractivity contribution in [3.05, 3.63) is 16.8 Å². The molecule has 5 heteroatoms. The van der Waals surface area contributed by atoms with Gasteiger partial charge in [-0.05, 0) is 25.8 Å². The third-order valence-electron chi connectivity index (χ3n) is 3.11. The number of aromatic carboxylic acids is 1. The molecule has 0 aliphatic rings. The van der Waals surface area contributed by atoms with Crippen LogP contribution in [0.4, 0.5) is 5.82 Å². The minimum absolute atomic E-state index is 0.265. The van der Waals surface area contributed by atoms with Crippen molar-refractivity contribution in [2.45, 2.75) is 40.0 Å². The van der Waals surface area contributed by atoms with Crippen molar-refractivity contribution >= 4 is 11.8 Å². The Morgan fingerprint density at radius 1 is 1.28 bits per heavy atom. The number of unbranched alkanes of at least 4 members (excludes halogenated alkanes) is 2. The van der Waals surface area contributed by atoms with Crippen molar-refractivity contribution in [3.8, 4) is 0 Å². The van der Waals surface area contributed by atoms with Gasteiger partial charge in [0, 0.05) is 13.6 Å². The molecule has 0 amide bonds. The van der Waals surface area contributed by atoms with E-state index in [0.29, 0.717) is 17.1 Å². The number of aromatic nitrogens is 2. The van der Waals surface area contributed by atoms with Crippen LogP contribution in [0.1, 0.15) is 47.8 Å². The Labute approximate surface area is 108 Å². The molecule has 1 aromatic rings. The number of rotatable bonds is 6. The van der Waals surface area contributed by atoms with Crippen LogP contribution >= 0.6 is 0 Å². The summed E-state index contributed by atoms with van der Waals surface area (Å²) in [5.41, 5.74) is 1.62. The summed E-state index contributed by atoms with van der Waals surface area (Å²) >= 11 is 0. The molecule has 0 spiro atoms. The third-order valence-corrected chi connectivity index (χ3v) is 3.11. The van der Waals surface area contributed by atoms with Gasteiger partial charge >= 0.3 is 5.97 Å². The summed E-state index contributed by atoms with van der Waals surface area (Å²) < 4.78 is 0. The van der Waals surface area contributed by atoms with Crippen molar-refractivity contribution in [2.24, 2.45) is 0 Å². The van der Waals surface area contributed by atoms with Crippen molar-refractivity contribution in [2.75, 3.05) is 18.5 Å². The lowest BCUT2D eigenvalue weighted by molar-refractivity contribution is 0.0696. The van der Waals surface area contributed by atoms with E-state index in [1.807, 2.05) is 11.9 Å². The first-order chi connectivity index (χ1) is 8.49. The summed E-state index contributed by atoms with van der Waals surface area (Å²) in [7, 11) is 1.86. The third kappa shape index (κ3) is 3.18. The van der Waals surface area contributed by atoms with E-state index < -0.39 is 5.97 Å². The van der Waals surface area contributed by atoms with Gasteiger partial charge in [-0.15, -0.1) is 5.10 Å². The molecule has 0 saturated carbocycles. The maximum absolute atomic E-state index is 11.3. The van der Waals surface area contributed by atoms with Crippen LogP contribution in [0, 0.1) is 13.8 Å². The van der Waals surface area contributed by atoms with Gasteiger partial charge in [-0.2, -0.15) is 5.10 Å². The molecule has 0 aromatic carbocycles. The van der Waals surface area contributed by atoms with Crippen molar-refractivity contribution in [1.29, 1.82) is 0 Å². The average molecular weight is 251 g/mol. The molecule has 1 rings (SSSR count). The standard InChI is InChI=1S/C13H21N3O2/c1-5-6-7-8-16(4)12-11(13(17)18)9(2)10(3)14-15-12/h5-8H2,1-4H3,(H,17,18). The van der Waals surface area contributed by atoms with E-state index in [2.05, 4.69) is 17.1 Å². The van der Waals surface area contributed by atoms with E-state index in [1.165, 1.54) is 0 Å². The molecule has 0 unspecified atom stereocenters. The van der Waals surface area contributed by atoms with Gasteiger partial charge in [-0.3, -0.25) is 0 Å². The Bertz CT molecular complexity index is 432. The molecule has 1 N–H and O–H groups in total. The summed E-state index contributed by atoms with van der Waals surface area (Å²) in [5, 5.41) is 17.3. The first kappa shape index (κ1) is 14.4. The fourth-order valence-electron chi connectivity index (χ4n) is 1.82. The van der Waals surface area contributed by atoms with Crippen LogP contribution < -0.4 is 4.90 Å². The zero-order valence-electron chi connectivity index (χ0n) is 11.5. The number of carbonyl (C=O) groups is 1. The van der Waals surface area contributed by atoms with Crippen LogP contribution in [0.5, 0.6) is 0 Å². The normalized spacial score (nSPS) is 10.4. The zero-order valence-corrected chi connectivity index (χ0v) is 11.5. The number of nitrogens with zero attached hydrogens (tertiary/aromatic N) is 3. The molecule has 0 fully saturated rings. The number of aryl methyl sites for hydroxylation is 1. The smallest absolute Gasteiger partial charge is 0.339 e. The van der Waals surface area contributed by atoms with Crippen molar-refractivity contribution in [3.63, 3.8) is 0 Å². The SMILES string of the molecule is CCCCCN(C)c1nnc(C)c(C)c1C(=O)O. The van der Waals surface area contributed by atoms with E-state index in [0.717, 1.165) is 25.8 Å². The summed E-state index contributed by atoms with van der Waals surface area (Å²) in [4.78, 5) is 13.2. The first-order valence-electron chi connectivity index (χ1n) is 6.27. The average Bonchev–Trinajstić information content (AvgIpc) is 2.32. The predicted molar refractivity (Wildman–Crippen MR) is 71.3 cm³/mol. The van der Waals surface area contributed by atoms with Crippen LogP contribution in [-0.4, -0.2) is 34.9 Å². The zero-order chi connectivity index (χ0) is 13.7. The van der Waals surface area contributed by atoms with E-state index in [1.54, 1.807) is 13.8 Å². The molecule has 0 bridgehead atoms. The summed E-state index contributed by atoms with van der Waals surface area (Å²) in [6, 6.07) is 0. The highest BCUT2D eigenvalue weighted by Crippen LogP contribution is 2.21. The Morgan fingerprint density at radius 2 is 1.94 bits per heavy atom. The fraction of sp³-hybridized carbons (Fsp3) is 0.615. The maximum atomic E-state index is 11.3. The Hall–Kier alpha value is -1.65. The fourth-order valence-corrected chi connectivity index (χ4v) is 1.82. The highest BCUT2D eigenvalue weighted by molar-refractivity contribution is 5.95. The molecule has 0 aliphatic heterocycles. The second kappa shape index (κ2) is 6.33. The van der Waals surface area contributed by atoms with Crippen LogP contribution in [0.2, 0.25) is 0 Å². The van der Waals surface area contributed by atoms with Crippen LogP contribution in [0.25, 0.3) is 0 Å². The molecule has 0 atom stereocenters. The largest absolute Gasteiger partial charge is 0.478 e. The van der Waals surface area contributed by atoms with Gasteiger partial charge < -0.3 is 10.0 Å². The number of carboxylic acids is 1. The number of anilines is 1. The van der Waals surface area contributed by atoms with E-state index >= 15 is 0 Å². The summed E-state index contributed by atoms with van der Waals surface area (Å²) in [5.74, 6) is -0.482. The van der Waals surface area contributed by atoms with E-state index in [9.17, 15) is 9.90 Å². The molecule has 1 aromatic heterocycles. The minimum atomic E-state index is -0.942. The van der Waals surface area contributed by atoms with Gasteiger partial charge in [0.15, 0.2) is 5.82 Å². The second-order valence-electron chi connectivity index (χ2n) is 4.54. The van der Waals surface area contributed by atoms with E-state index in [-0.39, 0.29) is 5.56 Å². The van der Waals surface area contributed by atoms with Gasteiger partial charge in [-0.1, -0.05) is 19.8 Å². The summed E-state index contributed by atoms with van der Waals surface area (Å²) in [6.45, 7) is 6.48. The quantitative estimate of drug-likeness (QED) is 0.786. The van der Waals surface area contributed by atoms with Crippen molar-refractivity contribution < 1.29 is 9.90 Å². The first-order valence-corrected chi connectivity index (χ1v) is 6.27. The molecular weight excluding hydrogens is 230 g/mol. The molecular formula is C13H21N3O2. The minimum Gasteiger partial charge on any atom is -0.478 e. The second-order valence-corrected chi connectivity index (χ2v) is 4.54. The summed E-state index contributed by atoms with van der Waals surface area (Å²) in [6.07, 6.45) is 3.30. The van der Waals surface area contributed by atoms with Crippen LogP contribution in [0.3, 0.4) is 0 Å². The van der Waals surface area contributed by atoms with Gasteiger partial charge in [-0.25, -0.2) is 4.79 Å². The number of hydrogen-bond acceptors (Lipinski definition) is 4. The predicted octanol–water partition coefficient (Wildman–Crippen LogP) is 2.42. The number of hydrogen-bond donors (Lipinski definition) is 1. The monoisotopic (exact) mass is 251 g/mol. The lowest BCUT2D eigenvalue weighted by Gasteiger charge is -2.20. The van der Waals surface area contributed by atoms with Crippen LogP contribution in [0.15, 0.2) is 0 Å². The van der Waals surface area contributed by atoms with Crippen LogP contribution in [-0.2, 0) is 0 Å². The van der Waals surface area contributed by atoms with Gasteiger partial charge in [0.05, 0.1) is 5.69 Å². The lowest BCUT2D eigenvalue weighted by atomic mass is 10.1. The molecule has 0 aliphatic carbocycles. The van der Waals surface area contributed by atoms with Gasteiger partial charge in [0.1, 0.15) is 5.56 Å². The molecule has 0 saturated heterocycles. The Morgan fingerprint density at radius 3 is 2.50 bits per heavy atom. The molecule has 0 radical (unpaired) electrons. The topological polar surface area (TPSA) is 66.3 Å². The molecule has 18 heavy (non-hydrogen) atoms. The highest BCUT2D eigenvalue weighted by atomic mass is 16.4.